The van der Waals surface area contributed by atoms with Crippen LogP contribution in [0, 0.1) is 6.92 Å². The van der Waals surface area contributed by atoms with Crippen molar-refractivity contribution in [1.82, 2.24) is 10.3 Å². The van der Waals surface area contributed by atoms with Crippen molar-refractivity contribution in [3.05, 3.63) is 58.9 Å². The number of hydrogen-bond acceptors (Lipinski definition) is 4. The molecule has 2 aromatic rings. The predicted molar refractivity (Wildman–Crippen MR) is 82.7 cm³/mol. The Labute approximate surface area is 133 Å². The number of carbonyl (C=O) groups is 2. The zero-order valence-electron chi connectivity index (χ0n) is 12.6. The minimum absolute atomic E-state index is 0.194. The van der Waals surface area contributed by atoms with Gasteiger partial charge in [-0.2, -0.15) is 0 Å². The van der Waals surface area contributed by atoms with Crippen LogP contribution in [0.5, 0.6) is 5.75 Å². The first-order chi connectivity index (χ1) is 11.1. The molecule has 1 aliphatic heterocycles. The number of aromatic carboxylic acids is 1. The van der Waals surface area contributed by atoms with E-state index >= 15 is 0 Å². The molecule has 0 spiro atoms. The van der Waals surface area contributed by atoms with Crippen LogP contribution in [0.2, 0.25) is 0 Å². The van der Waals surface area contributed by atoms with E-state index in [1.165, 1.54) is 12.1 Å². The summed E-state index contributed by atoms with van der Waals surface area (Å²) in [6.45, 7) is 2.19. The molecule has 0 saturated carbocycles. The van der Waals surface area contributed by atoms with Crippen LogP contribution in [0.25, 0.3) is 0 Å². The Morgan fingerprint density at radius 2 is 2.17 bits per heavy atom. The molecule has 0 bridgehead atoms. The number of carboxylic acids is 1. The third-order valence-corrected chi connectivity index (χ3v) is 3.82. The Hall–Kier alpha value is -2.89. The molecule has 1 unspecified atom stereocenters. The van der Waals surface area contributed by atoms with E-state index < -0.39 is 5.97 Å². The molecule has 1 aromatic carbocycles. The van der Waals surface area contributed by atoms with Crippen LogP contribution in [-0.2, 0) is 0 Å². The van der Waals surface area contributed by atoms with Crippen LogP contribution in [0.4, 0.5) is 0 Å². The van der Waals surface area contributed by atoms with Gasteiger partial charge in [-0.05, 0) is 42.8 Å². The monoisotopic (exact) mass is 312 g/mol. The second-order valence-electron chi connectivity index (χ2n) is 5.38. The van der Waals surface area contributed by atoms with E-state index in [9.17, 15) is 9.59 Å². The standard InChI is InChI=1S/C17H16N2O4/c1-10-9-11(4-5-12(10)17(21)22)16(20)19-13-6-8-23-14-3-2-7-18-15(13)14/h2-5,7,9,13H,6,8H2,1H3,(H,19,20)(H,21,22). The average Bonchev–Trinajstić information content (AvgIpc) is 2.54. The number of nitrogens with one attached hydrogen (secondary N) is 1. The minimum atomic E-state index is -1.00. The molecule has 118 valence electrons. The molecule has 0 aliphatic carbocycles. The molecule has 2 heterocycles. The number of carboxylic acid groups (broad SMARTS) is 1. The highest BCUT2D eigenvalue weighted by atomic mass is 16.5. The third kappa shape index (κ3) is 3.01. The van der Waals surface area contributed by atoms with E-state index in [4.69, 9.17) is 9.84 Å². The Bertz CT molecular complexity index is 773. The van der Waals surface area contributed by atoms with Crippen molar-refractivity contribution in [2.24, 2.45) is 0 Å². The number of ether oxygens (including phenoxy) is 1. The maximum Gasteiger partial charge on any atom is 0.335 e. The molecule has 6 heteroatoms. The van der Waals surface area contributed by atoms with Crippen LogP contribution in [0.3, 0.4) is 0 Å². The fourth-order valence-electron chi connectivity index (χ4n) is 2.64. The molecule has 2 N–H and O–H groups in total. The van der Waals surface area contributed by atoms with Crippen LogP contribution >= 0.6 is 0 Å². The molecule has 0 fully saturated rings. The fraction of sp³-hybridized carbons (Fsp3) is 0.235. The molecule has 0 saturated heterocycles. The lowest BCUT2D eigenvalue weighted by Crippen LogP contribution is -2.32. The SMILES string of the molecule is Cc1cc(C(=O)NC2CCOc3cccnc32)ccc1C(=O)O. The highest BCUT2D eigenvalue weighted by Gasteiger charge is 2.24. The van der Waals surface area contributed by atoms with Crippen molar-refractivity contribution in [3.63, 3.8) is 0 Å². The first-order valence-corrected chi connectivity index (χ1v) is 7.29. The van der Waals surface area contributed by atoms with Crippen LogP contribution in [-0.4, -0.2) is 28.6 Å². The lowest BCUT2D eigenvalue weighted by molar-refractivity contribution is 0.0695. The van der Waals surface area contributed by atoms with E-state index in [0.29, 0.717) is 35.6 Å². The molecule has 3 rings (SSSR count). The van der Waals surface area contributed by atoms with Gasteiger partial charge in [-0.25, -0.2) is 4.79 Å². The van der Waals surface area contributed by atoms with E-state index in [1.807, 2.05) is 6.07 Å². The van der Waals surface area contributed by atoms with Crippen LogP contribution < -0.4 is 10.1 Å². The summed E-state index contributed by atoms with van der Waals surface area (Å²) in [5.41, 5.74) is 1.89. The topological polar surface area (TPSA) is 88.5 Å². The van der Waals surface area contributed by atoms with Gasteiger partial charge in [-0.1, -0.05) is 0 Å². The first-order valence-electron chi connectivity index (χ1n) is 7.29. The Kier molecular flexibility index (Phi) is 3.97. The molecule has 1 aliphatic rings. The number of amides is 1. The maximum atomic E-state index is 12.4. The van der Waals surface area contributed by atoms with E-state index in [0.717, 1.165) is 0 Å². The Morgan fingerprint density at radius 3 is 2.91 bits per heavy atom. The molecule has 6 nitrogen and oxygen atoms in total. The summed E-state index contributed by atoms with van der Waals surface area (Å²) >= 11 is 0. The van der Waals surface area contributed by atoms with Gasteiger partial charge in [0.05, 0.1) is 18.2 Å². The van der Waals surface area contributed by atoms with Gasteiger partial charge in [0.2, 0.25) is 0 Å². The number of fused-ring (bicyclic) bond motifs is 1. The van der Waals surface area contributed by atoms with Gasteiger partial charge >= 0.3 is 5.97 Å². The quantitative estimate of drug-likeness (QED) is 0.908. The lowest BCUT2D eigenvalue weighted by Gasteiger charge is -2.25. The Balaban J connectivity index is 1.80. The maximum absolute atomic E-state index is 12.4. The fourth-order valence-corrected chi connectivity index (χ4v) is 2.64. The second kappa shape index (κ2) is 6.08. The van der Waals surface area contributed by atoms with Gasteiger partial charge in [0, 0.05) is 18.2 Å². The van der Waals surface area contributed by atoms with Gasteiger partial charge in [-0.3, -0.25) is 9.78 Å². The molecule has 1 aromatic heterocycles. The predicted octanol–water partition coefficient (Wildman–Crippen LogP) is 2.34. The number of aryl methyl sites for hydroxylation is 1. The van der Waals surface area contributed by atoms with Crippen LogP contribution in [0.1, 0.15) is 44.4 Å². The summed E-state index contributed by atoms with van der Waals surface area (Å²) < 4.78 is 5.52. The summed E-state index contributed by atoms with van der Waals surface area (Å²) in [7, 11) is 0. The van der Waals surface area contributed by atoms with Crippen molar-refractivity contribution in [1.29, 1.82) is 0 Å². The number of benzene rings is 1. The zero-order valence-corrected chi connectivity index (χ0v) is 12.6. The molecular formula is C17H16N2O4. The normalized spacial score (nSPS) is 16.1. The molecule has 1 amide bonds. The number of nitrogens with zero attached hydrogens (tertiary/aromatic N) is 1. The van der Waals surface area contributed by atoms with Crippen LogP contribution in [0.15, 0.2) is 36.5 Å². The van der Waals surface area contributed by atoms with Crippen molar-refractivity contribution in [2.75, 3.05) is 6.61 Å². The number of pyridine rings is 1. The van der Waals surface area contributed by atoms with E-state index in [-0.39, 0.29) is 17.5 Å². The molecule has 0 radical (unpaired) electrons. The highest BCUT2D eigenvalue weighted by Crippen LogP contribution is 2.29. The summed E-state index contributed by atoms with van der Waals surface area (Å²) in [4.78, 5) is 27.7. The highest BCUT2D eigenvalue weighted by molar-refractivity contribution is 5.97. The zero-order chi connectivity index (χ0) is 16.4. The smallest absolute Gasteiger partial charge is 0.335 e. The van der Waals surface area contributed by atoms with Gasteiger partial charge in [0.1, 0.15) is 11.4 Å². The van der Waals surface area contributed by atoms with E-state index in [2.05, 4.69) is 10.3 Å². The largest absolute Gasteiger partial charge is 0.491 e. The summed E-state index contributed by atoms with van der Waals surface area (Å²) in [5, 5.41) is 12.0. The van der Waals surface area contributed by atoms with E-state index in [1.54, 1.807) is 25.3 Å². The van der Waals surface area contributed by atoms with Crippen molar-refractivity contribution < 1.29 is 19.4 Å². The van der Waals surface area contributed by atoms with Gasteiger partial charge in [-0.15, -0.1) is 0 Å². The first kappa shape index (κ1) is 15.0. The van der Waals surface area contributed by atoms with Crippen molar-refractivity contribution in [3.8, 4) is 5.75 Å². The molecular weight excluding hydrogens is 296 g/mol. The number of rotatable bonds is 3. The van der Waals surface area contributed by atoms with Crippen molar-refractivity contribution in [2.45, 2.75) is 19.4 Å². The second-order valence-corrected chi connectivity index (χ2v) is 5.38. The van der Waals surface area contributed by atoms with Crippen molar-refractivity contribution >= 4 is 11.9 Å². The molecule has 23 heavy (non-hydrogen) atoms. The molecule has 1 atom stereocenters. The van der Waals surface area contributed by atoms with Gasteiger partial charge in [0.15, 0.2) is 0 Å². The minimum Gasteiger partial charge on any atom is -0.491 e. The summed E-state index contributed by atoms with van der Waals surface area (Å²) in [5.74, 6) is -0.577. The number of hydrogen-bond donors (Lipinski definition) is 2. The average molecular weight is 312 g/mol. The number of carbonyl (C=O) groups excluding carboxylic acids is 1. The lowest BCUT2D eigenvalue weighted by atomic mass is 10.0. The summed E-state index contributed by atoms with van der Waals surface area (Å²) in [6.07, 6.45) is 2.31. The van der Waals surface area contributed by atoms with Gasteiger partial charge in [0.25, 0.3) is 5.91 Å². The third-order valence-electron chi connectivity index (χ3n) is 3.82. The number of aromatic nitrogens is 1. The van der Waals surface area contributed by atoms with Gasteiger partial charge < -0.3 is 15.2 Å². The Morgan fingerprint density at radius 1 is 1.35 bits per heavy atom. The summed E-state index contributed by atoms with van der Waals surface area (Å²) in [6, 6.07) is 7.95.